The van der Waals surface area contributed by atoms with E-state index < -0.39 is 18.0 Å². The summed E-state index contributed by atoms with van der Waals surface area (Å²) < 4.78 is 15.3. The number of allylic oxidation sites excluding steroid dienone is 1. The van der Waals surface area contributed by atoms with Crippen molar-refractivity contribution in [2.24, 2.45) is 0 Å². The quantitative estimate of drug-likeness (QED) is 0.339. The Balaban J connectivity index is 2.55. The van der Waals surface area contributed by atoms with Crippen molar-refractivity contribution in [3.8, 4) is 5.75 Å². The van der Waals surface area contributed by atoms with Gasteiger partial charge in [0.2, 0.25) is 0 Å². The van der Waals surface area contributed by atoms with Gasteiger partial charge in [-0.1, -0.05) is 35.4 Å². The normalized spacial score (nSPS) is 12.3. The third kappa shape index (κ3) is 7.93. The van der Waals surface area contributed by atoms with Gasteiger partial charge in [0, 0.05) is 11.1 Å². The molecule has 142 valence electrons. The zero-order chi connectivity index (χ0) is 19.7. The van der Waals surface area contributed by atoms with Gasteiger partial charge in [-0.25, -0.2) is 9.59 Å². The van der Waals surface area contributed by atoms with Crippen molar-refractivity contribution in [1.82, 2.24) is 0 Å². The largest absolute Gasteiger partial charge is 0.480 e. The Morgan fingerprint density at radius 3 is 2.54 bits per heavy atom. The van der Waals surface area contributed by atoms with E-state index in [0.717, 1.165) is 5.57 Å². The Bertz CT molecular complexity index is 697. The first kappa shape index (κ1) is 22.1. The molecule has 0 amide bonds. The summed E-state index contributed by atoms with van der Waals surface area (Å²) >= 11 is 11.8. The standard InChI is InChI=1S/C19H22Cl2O5/c1-12(2)16(7-5-13(3)9-18(22)24-4)26-19(23)11-25-17-8-6-14(20)10-15(17)21/h6,8-10,16H,1,5,7,11H2,2-4H3/b13-9+. The van der Waals surface area contributed by atoms with Crippen molar-refractivity contribution in [3.05, 3.63) is 52.0 Å². The van der Waals surface area contributed by atoms with Gasteiger partial charge in [0.1, 0.15) is 11.9 Å². The number of ether oxygens (including phenoxy) is 3. The minimum Gasteiger partial charge on any atom is -0.480 e. The molecule has 0 fully saturated rings. The number of carbonyl (C=O) groups is 2. The Labute approximate surface area is 163 Å². The third-order valence-corrected chi connectivity index (χ3v) is 3.96. The molecule has 5 nitrogen and oxygen atoms in total. The van der Waals surface area contributed by atoms with Gasteiger partial charge in [0.05, 0.1) is 12.1 Å². The van der Waals surface area contributed by atoms with Crippen LogP contribution in [0.25, 0.3) is 0 Å². The Hall–Kier alpha value is -1.98. The monoisotopic (exact) mass is 400 g/mol. The maximum absolute atomic E-state index is 12.0. The van der Waals surface area contributed by atoms with Crippen molar-refractivity contribution >= 4 is 35.1 Å². The SMILES string of the molecule is C=C(C)C(CC/C(C)=C/C(=O)OC)OC(=O)COc1ccc(Cl)cc1Cl. The van der Waals surface area contributed by atoms with Gasteiger partial charge >= 0.3 is 11.9 Å². The van der Waals surface area contributed by atoms with Crippen LogP contribution in [0.5, 0.6) is 5.75 Å². The molecule has 1 aromatic carbocycles. The molecule has 0 saturated carbocycles. The summed E-state index contributed by atoms with van der Waals surface area (Å²) in [5.41, 5.74) is 1.53. The van der Waals surface area contributed by atoms with Crippen LogP contribution in [0.4, 0.5) is 0 Å². The molecule has 1 aromatic rings. The Morgan fingerprint density at radius 1 is 1.27 bits per heavy atom. The molecule has 1 atom stereocenters. The van der Waals surface area contributed by atoms with Gasteiger partial charge in [-0.2, -0.15) is 0 Å². The average molecular weight is 401 g/mol. The fourth-order valence-electron chi connectivity index (χ4n) is 2.02. The van der Waals surface area contributed by atoms with E-state index in [1.54, 1.807) is 26.0 Å². The van der Waals surface area contributed by atoms with E-state index in [-0.39, 0.29) is 6.61 Å². The van der Waals surface area contributed by atoms with E-state index in [2.05, 4.69) is 11.3 Å². The highest BCUT2D eigenvalue weighted by molar-refractivity contribution is 6.35. The van der Waals surface area contributed by atoms with E-state index in [9.17, 15) is 9.59 Å². The fraction of sp³-hybridized carbons (Fsp3) is 0.368. The summed E-state index contributed by atoms with van der Waals surface area (Å²) in [6.07, 6.45) is 1.99. The van der Waals surface area contributed by atoms with Gasteiger partial charge in [0.25, 0.3) is 0 Å². The highest BCUT2D eigenvalue weighted by Crippen LogP contribution is 2.27. The van der Waals surface area contributed by atoms with Crippen molar-refractivity contribution in [2.75, 3.05) is 13.7 Å². The molecule has 0 radical (unpaired) electrons. The second kappa shape index (κ2) is 10.9. The van der Waals surface area contributed by atoms with E-state index in [0.29, 0.717) is 34.2 Å². The highest BCUT2D eigenvalue weighted by Gasteiger charge is 2.16. The molecule has 7 heteroatoms. The van der Waals surface area contributed by atoms with Crippen LogP contribution in [-0.2, 0) is 19.1 Å². The number of rotatable bonds is 9. The molecule has 0 aliphatic rings. The van der Waals surface area contributed by atoms with Crippen LogP contribution in [0.2, 0.25) is 10.0 Å². The summed E-state index contributed by atoms with van der Waals surface area (Å²) in [5.74, 6) is -0.616. The van der Waals surface area contributed by atoms with Crippen LogP contribution < -0.4 is 4.74 Å². The average Bonchev–Trinajstić information content (AvgIpc) is 2.57. The lowest BCUT2D eigenvalue weighted by Crippen LogP contribution is -2.23. The van der Waals surface area contributed by atoms with Crippen molar-refractivity contribution in [1.29, 1.82) is 0 Å². The number of halogens is 2. The van der Waals surface area contributed by atoms with Gasteiger partial charge in [-0.05, 0) is 50.5 Å². The van der Waals surface area contributed by atoms with Gasteiger partial charge in [-0.15, -0.1) is 0 Å². The Morgan fingerprint density at radius 2 is 1.96 bits per heavy atom. The second-order valence-electron chi connectivity index (χ2n) is 5.74. The van der Waals surface area contributed by atoms with Crippen LogP contribution in [0.3, 0.4) is 0 Å². The maximum Gasteiger partial charge on any atom is 0.344 e. The summed E-state index contributed by atoms with van der Waals surface area (Å²) in [5, 5.41) is 0.785. The van der Waals surface area contributed by atoms with Crippen LogP contribution in [0, 0.1) is 0 Å². The van der Waals surface area contributed by atoms with Gasteiger partial charge < -0.3 is 14.2 Å². The Kier molecular flexibility index (Phi) is 9.24. The van der Waals surface area contributed by atoms with Gasteiger partial charge in [0.15, 0.2) is 6.61 Å². The van der Waals surface area contributed by atoms with Crippen molar-refractivity contribution in [2.45, 2.75) is 32.8 Å². The molecule has 0 saturated heterocycles. The zero-order valence-electron chi connectivity index (χ0n) is 15.0. The molecule has 0 aliphatic carbocycles. The molecule has 0 aliphatic heterocycles. The molecule has 0 bridgehead atoms. The molecule has 0 aromatic heterocycles. The molecular weight excluding hydrogens is 379 g/mol. The summed E-state index contributed by atoms with van der Waals surface area (Å²) in [6.45, 7) is 7.13. The first-order valence-corrected chi connectivity index (χ1v) is 8.66. The van der Waals surface area contributed by atoms with E-state index in [4.69, 9.17) is 32.7 Å². The smallest absolute Gasteiger partial charge is 0.344 e. The summed E-state index contributed by atoms with van der Waals surface area (Å²) in [6, 6.07) is 4.72. The minimum atomic E-state index is -0.543. The molecule has 0 spiro atoms. The number of benzene rings is 1. The predicted molar refractivity (Wildman–Crippen MR) is 102 cm³/mol. The molecular formula is C19H22Cl2O5. The fourth-order valence-corrected chi connectivity index (χ4v) is 2.48. The van der Waals surface area contributed by atoms with Crippen molar-refractivity contribution < 1.29 is 23.8 Å². The number of esters is 2. The third-order valence-electron chi connectivity index (χ3n) is 3.43. The molecule has 0 N–H and O–H groups in total. The minimum absolute atomic E-state index is 0.290. The number of methoxy groups -OCH3 is 1. The summed E-state index contributed by atoms with van der Waals surface area (Å²) in [4.78, 5) is 23.2. The first-order valence-electron chi connectivity index (χ1n) is 7.90. The lowest BCUT2D eigenvalue weighted by Gasteiger charge is -2.18. The van der Waals surface area contributed by atoms with Gasteiger partial charge in [-0.3, -0.25) is 0 Å². The maximum atomic E-state index is 12.0. The van der Waals surface area contributed by atoms with Crippen LogP contribution in [-0.4, -0.2) is 31.8 Å². The number of carbonyl (C=O) groups excluding carboxylic acids is 2. The van der Waals surface area contributed by atoms with Crippen LogP contribution in [0.1, 0.15) is 26.7 Å². The zero-order valence-corrected chi connectivity index (χ0v) is 16.5. The first-order chi connectivity index (χ1) is 12.2. The lowest BCUT2D eigenvalue weighted by molar-refractivity contribution is -0.150. The summed E-state index contributed by atoms with van der Waals surface area (Å²) in [7, 11) is 1.32. The molecule has 26 heavy (non-hydrogen) atoms. The van der Waals surface area contributed by atoms with E-state index in [1.165, 1.54) is 19.3 Å². The van der Waals surface area contributed by atoms with Crippen LogP contribution >= 0.6 is 23.2 Å². The van der Waals surface area contributed by atoms with Crippen LogP contribution in [0.15, 0.2) is 42.0 Å². The molecule has 0 heterocycles. The highest BCUT2D eigenvalue weighted by atomic mass is 35.5. The molecule has 1 rings (SSSR count). The van der Waals surface area contributed by atoms with E-state index in [1.807, 2.05) is 0 Å². The van der Waals surface area contributed by atoms with E-state index >= 15 is 0 Å². The topological polar surface area (TPSA) is 61.8 Å². The predicted octanol–water partition coefficient (Wildman–Crippen LogP) is 4.76. The number of hydrogen-bond donors (Lipinski definition) is 0. The van der Waals surface area contributed by atoms with Crippen molar-refractivity contribution in [3.63, 3.8) is 0 Å². The lowest BCUT2D eigenvalue weighted by atomic mass is 10.0. The number of hydrogen-bond acceptors (Lipinski definition) is 5. The second-order valence-corrected chi connectivity index (χ2v) is 6.58. The molecule has 1 unspecified atom stereocenters.